The van der Waals surface area contributed by atoms with Gasteiger partial charge >= 0.3 is 5.97 Å². The maximum Gasteiger partial charge on any atom is 0.308 e. The highest BCUT2D eigenvalue weighted by Gasteiger charge is 2.15. The number of aryl methyl sites for hydroxylation is 1. The van der Waals surface area contributed by atoms with Gasteiger partial charge in [0.05, 0.1) is 11.9 Å². The van der Waals surface area contributed by atoms with Crippen LogP contribution in [-0.4, -0.2) is 20.7 Å². The molecule has 0 aliphatic heterocycles. The van der Waals surface area contributed by atoms with Crippen molar-refractivity contribution in [3.8, 4) is 5.88 Å². The van der Waals surface area contributed by atoms with E-state index in [-0.39, 0.29) is 12.3 Å². The lowest BCUT2D eigenvalue weighted by molar-refractivity contribution is -0.136. The summed E-state index contributed by atoms with van der Waals surface area (Å²) >= 11 is 0. The molecule has 15 heavy (non-hydrogen) atoms. The molecule has 0 unspecified atom stereocenters. The SMILES string of the molecule is Cn1c(O)c(CC(=O)O)c2ccccc21. The fourth-order valence-electron chi connectivity index (χ4n) is 1.78. The highest BCUT2D eigenvalue weighted by Crippen LogP contribution is 2.30. The molecule has 0 radical (unpaired) electrons. The predicted octanol–water partition coefficient (Wildman–Crippen LogP) is 1.51. The number of carbonyl (C=O) groups is 1. The van der Waals surface area contributed by atoms with E-state index >= 15 is 0 Å². The van der Waals surface area contributed by atoms with Gasteiger partial charge < -0.3 is 14.8 Å². The summed E-state index contributed by atoms with van der Waals surface area (Å²) in [6.45, 7) is 0. The summed E-state index contributed by atoms with van der Waals surface area (Å²) in [6, 6.07) is 7.34. The van der Waals surface area contributed by atoms with Crippen molar-refractivity contribution in [2.24, 2.45) is 7.05 Å². The Morgan fingerprint density at radius 2 is 2.07 bits per heavy atom. The van der Waals surface area contributed by atoms with Gasteiger partial charge in [0.25, 0.3) is 0 Å². The molecule has 1 heterocycles. The van der Waals surface area contributed by atoms with Gasteiger partial charge in [0.15, 0.2) is 5.88 Å². The smallest absolute Gasteiger partial charge is 0.308 e. The van der Waals surface area contributed by atoms with Crippen molar-refractivity contribution in [2.75, 3.05) is 0 Å². The third-order valence-corrected chi connectivity index (χ3v) is 2.51. The largest absolute Gasteiger partial charge is 0.494 e. The van der Waals surface area contributed by atoms with E-state index in [9.17, 15) is 9.90 Å². The number of benzene rings is 1. The van der Waals surface area contributed by atoms with E-state index in [1.807, 2.05) is 24.3 Å². The lowest BCUT2D eigenvalue weighted by Crippen LogP contribution is -1.99. The van der Waals surface area contributed by atoms with Crippen molar-refractivity contribution in [2.45, 2.75) is 6.42 Å². The molecule has 0 fully saturated rings. The van der Waals surface area contributed by atoms with E-state index in [2.05, 4.69) is 0 Å². The maximum atomic E-state index is 10.7. The fraction of sp³-hybridized carbons (Fsp3) is 0.182. The number of para-hydroxylation sites is 1. The second-order valence-electron chi connectivity index (χ2n) is 3.45. The minimum absolute atomic E-state index is 0.0265. The molecule has 78 valence electrons. The minimum Gasteiger partial charge on any atom is -0.494 e. The summed E-state index contributed by atoms with van der Waals surface area (Å²) in [4.78, 5) is 10.7. The number of carboxylic acid groups (broad SMARTS) is 1. The number of aromatic nitrogens is 1. The van der Waals surface area contributed by atoms with Crippen LogP contribution in [0, 0.1) is 0 Å². The maximum absolute atomic E-state index is 10.7. The van der Waals surface area contributed by atoms with Crippen LogP contribution in [0.25, 0.3) is 10.9 Å². The third kappa shape index (κ3) is 1.44. The Bertz CT molecular complexity index is 528. The molecular formula is C11H11NO3. The molecule has 2 aromatic rings. The average molecular weight is 205 g/mol. The summed E-state index contributed by atoms with van der Waals surface area (Å²) in [5, 5.41) is 19.3. The van der Waals surface area contributed by atoms with Crippen LogP contribution in [0.4, 0.5) is 0 Å². The van der Waals surface area contributed by atoms with E-state index in [4.69, 9.17) is 5.11 Å². The molecule has 0 saturated carbocycles. The number of aromatic hydroxyl groups is 1. The van der Waals surface area contributed by atoms with Gasteiger partial charge in [0, 0.05) is 18.0 Å². The van der Waals surface area contributed by atoms with Gasteiger partial charge in [-0.05, 0) is 6.07 Å². The molecule has 1 aromatic heterocycles. The van der Waals surface area contributed by atoms with Gasteiger partial charge in [-0.15, -0.1) is 0 Å². The van der Waals surface area contributed by atoms with Crippen LogP contribution in [0.3, 0.4) is 0 Å². The van der Waals surface area contributed by atoms with E-state index in [0.717, 1.165) is 10.9 Å². The molecule has 0 bridgehead atoms. The number of hydrogen-bond donors (Lipinski definition) is 2. The summed E-state index contributed by atoms with van der Waals surface area (Å²) in [7, 11) is 1.71. The quantitative estimate of drug-likeness (QED) is 0.781. The number of fused-ring (bicyclic) bond motifs is 1. The number of hydrogen-bond acceptors (Lipinski definition) is 2. The summed E-state index contributed by atoms with van der Waals surface area (Å²) in [5.41, 5.74) is 1.31. The molecule has 2 rings (SSSR count). The molecule has 1 aromatic carbocycles. The minimum atomic E-state index is -0.943. The van der Waals surface area contributed by atoms with Gasteiger partial charge in [-0.2, -0.15) is 0 Å². The first-order valence-electron chi connectivity index (χ1n) is 4.58. The monoisotopic (exact) mass is 205 g/mol. The zero-order chi connectivity index (χ0) is 11.0. The second-order valence-corrected chi connectivity index (χ2v) is 3.45. The first-order chi connectivity index (χ1) is 7.11. The Morgan fingerprint density at radius 1 is 1.40 bits per heavy atom. The van der Waals surface area contributed by atoms with Crippen LogP contribution in [-0.2, 0) is 18.3 Å². The van der Waals surface area contributed by atoms with Crippen molar-refractivity contribution in [3.63, 3.8) is 0 Å². The number of rotatable bonds is 2. The molecule has 0 aliphatic rings. The van der Waals surface area contributed by atoms with Crippen LogP contribution in [0.5, 0.6) is 5.88 Å². The molecule has 2 N–H and O–H groups in total. The lowest BCUT2D eigenvalue weighted by Gasteiger charge is -1.96. The summed E-state index contributed by atoms with van der Waals surface area (Å²) in [5.74, 6) is -0.916. The second kappa shape index (κ2) is 3.31. The van der Waals surface area contributed by atoms with Gasteiger partial charge in [-0.25, -0.2) is 0 Å². The molecule has 0 amide bonds. The van der Waals surface area contributed by atoms with Gasteiger partial charge in [0.1, 0.15) is 0 Å². The molecule has 0 atom stereocenters. The zero-order valence-corrected chi connectivity index (χ0v) is 8.27. The van der Waals surface area contributed by atoms with E-state index < -0.39 is 5.97 Å². The van der Waals surface area contributed by atoms with Crippen molar-refractivity contribution < 1.29 is 15.0 Å². The summed E-state index contributed by atoms with van der Waals surface area (Å²) in [6.07, 6.45) is -0.160. The van der Waals surface area contributed by atoms with Crippen LogP contribution < -0.4 is 0 Å². The number of nitrogens with zero attached hydrogens (tertiary/aromatic N) is 1. The van der Waals surface area contributed by atoms with E-state index in [1.165, 1.54) is 0 Å². The molecule has 4 nitrogen and oxygen atoms in total. The summed E-state index contributed by atoms with van der Waals surface area (Å²) < 4.78 is 1.59. The van der Waals surface area contributed by atoms with Crippen molar-refractivity contribution in [3.05, 3.63) is 29.8 Å². The predicted molar refractivity (Wildman–Crippen MR) is 55.9 cm³/mol. The highest BCUT2D eigenvalue weighted by molar-refractivity contribution is 5.90. The molecule has 0 aliphatic carbocycles. The van der Waals surface area contributed by atoms with Crippen molar-refractivity contribution in [1.82, 2.24) is 4.57 Å². The van der Waals surface area contributed by atoms with Crippen molar-refractivity contribution >= 4 is 16.9 Å². The molecule has 0 saturated heterocycles. The normalized spacial score (nSPS) is 10.7. The third-order valence-electron chi connectivity index (χ3n) is 2.51. The molecule has 4 heteroatoms. The van der Waals surface area contributed by atoms with Crippen LogP contribution in [0.15, 0.2) is 24.3 Å². The Labute approximate surface area is 86.4 Å². The highest BCUT2D eigenvalue weighted by atomic mass is 16.4. The van der Waals surface area contributed by atoms with Crippen LogP contribution in [0.1, 0.15) is 5.56 Å². The van der Waals surface area contributed by atoms with Crippen LogP contribution >= 0.6 is 0 Å². The first-order valence-corrected chi connectivity index (χ1v) is 4.58. The fourth-order valence-corrected chi connectivity index (χ4v) is 1.78. The Morgan fingerprint density at radius 3 is 2.73 bits per heavy atom. The molecular weight excluding hydrogens is 194 g/mol. The number of aliphatic carboxylic acids is 1. The van der Waals surface area contributed by atoms with Gasteiger partial charge in [-0.3, -0.25) is 4.79 Å². The Hall–Kier alpha value is -1.97. The van der Waals surface area contributed by atoms with Crippen molar-refractivity contribution in [1.29, 1.82) is 0 Å². The van der Waals surface area contributed by atoms with Gasteiger partial charge in [0.2, 0.25) is 0 Å². The number of carboxylic acids is 1. The zero-order valence-electron chi connectivity index (χ0n) is 8.27. The lowest BCUT2D eigenvalue weighted by atomic mass is 10.1. The van der Waals surface area contributed by atoms with Gasteiger partial charge in [-0.1, -0.05) is 18.2 Å². The topological polar surface area (TPSA) is 62.5 Å². The Balaban J connectivity index is 2.72. The van der Waals surface area contributed by atoms with E-state index in [1.54, 1.807) is 11.6 Å². The van der Waals surface area contributed by atoms with Crippen LogP contribution in [0.2, 0.25) is 0 Å². The first kappa shape index (κ1) is 9.58. The Kier molecular flexibility index (Phi) is 2.11. The standard InChI is InChI=1S/C11H11NO3/c1-12-9-5-3-2-4-7(9)8(11(12)15)6-10(13)14/h2-5,15H,6H2,1H3,(H,13,14). The average Bonchev–Trinajstić information content (AvgIpc) is 2.44. The molecule has 0 spiro atoms. The van der Waals surface area contributed by atoms with E-state index in [0.29, 0.717) is 5.56 Å².